The lowest BCUT2D eigenvalue weighted by atomic mass is 10.2. The molecule has 0 aliphatic heterocycles. The van der Waals surface area contributed by atoms with Crippen LogP contribution in [-0.2, 0) is 4.79 Å². The Kier molecular flexibility index (Phi) is 6.36. The minimum absolute atomic E-state index is 0.0217. The summed E-state index contributed by atoms with van der Waals surface area (Å²) in [7, 11) is 0. The summed E-state index contributed by atoms with van der Waals surface area (Å²) >= 11 is 0. The molecule has 0 aromatic heterocycles. The zero-order valence-corrected chi connectivity index (χ0v) is 13.4. The molecule has 4 heteroatoms. The Bertz CT molecular complexity index is 787. The van der Waals surface area contributed by atoms with Crippen LogP contribution in [0, 0.1) is 11.3 Å². The van der Waals surface area contributed by atoms with Crippen LogP contribution in [0.25, 0.3) is 6.08 Å². The van der Waals surface area contributed by atoms with E-state index in [0.29, 0.717) is 18.0 Å². The number of carbonyl (C=O) groups excluding carboxylic acids is 1. The van der Waals surface area contributed by atoms with E-state index in [4.69, 9.17) is 4.74 Å². The molecular weight excluding hydrogens is 300 g/mol. The number of benzene rings is 2. The first-order valence-corrected chi connectivity index (χ1v) is 7.61. The Morgan fingerprint density at radius 1 is 1.17 bits per heavy atom. The van der Waals surface area contributed by atoms with Crippen LogP contribution in [0.15, 0.2) is 72.3 Å². The van der Waals surface area contributed by atoms with E-state index in [9.17, 15) is 10.1 Å². The van der Waals surface area contributed by atoms with Crippen molar-refractivity contribution in [2.45, 2.75) is 6.92 Å². The highest BCUT2D eigenvalue weighted by molar-refractivity contribution is 6.07. The van der Waals surface area contributed by atoms with Gasteiger partial charge in [-0.3, -0.25) is 4.79 Å². The molecule has 0 aliphatic rings. The van der Waals surface area contributed by atoms with Crippen LogP contribution in [-0.4, -0.2) is 12.5 Å². The van der Waals surface area contributed by atoms with Gasteiger partial charge in [-0.1, -0.05) is 54.6 Å². The monoisotopic (exact) mass is 318 g/mol. The van der Waals surface area contributed by atoms with Crippen LogP contribution < -0.4 is 10.1 Å². The van der Waals surface area contributed by atoms with Crippen LogP contribution in [0.3, 0.4) is 0 Å². The standard InChI is InChI=1S/C20H18N2O2/c1-2-24-19-14-7-6-13-18(19)22-20(23)17(15-21)12-8-11-16-9-4-3-5-10-16/h3-14H,2H2,1H3,(H,22,23)/b11-8+,17-12+. The molecule has 0 heterocycles. The summed E-state index contributed by atoms with van der Waals surface area (Å²) in [6, 6.07) is 18.7. The summed E-state index contributed by atoms with van der Waals surface area (Å²) in [5, 5.41) is 11.9. The number of hydrogen-bond donors (Lipinski definition) is 1. The highest BCUT2D eigenvalue weighted by Gasteiger charge is 2.11. The van der Waals surface area contributed by atoms with Crippen molar-refractivity contribution in [3.63, 3.8) is 0 Å². The number of nitrogens with one attached hydrogen (secondary N) is 1. The Morgan fingerprint density at radius 3 is 2.58 bits per heavy atom. The van der Waals surface area contributed by atoms with E-state index in [1.165, 1.54) is 6.08 Å². The number of allylic oxidation sites excluding steroid dienone is 2. The van der Waals surface area contributed by atoms with Crippen LogP contribution in [0.4, 0.5) is 5.69 Å². The second-order valence-corrected chi connectivity index (χ2v) is 4.85. The minimum Gasteiger partial charge on any atom is -0.492 e. The van der Waals surface area contributed by atoms with E-state index in [0.717, 1.165) is 5.56 Å². The highest BCUT2D eigenvalue weighted by atomic mass is 16.5. The number of amides is 1. The normalized spacial score (nSPS) is 11.1. The van der Waals surface area contributed by atoms with Gasteiger partial charge in [0, 0.05) is 0 Å². The predicted molar refractivity (Wildman–Crippen MR) is 95.4 cm³/mol. The van der Waals surface area contributed by atoms with Crippen molar-refractivity contribution in [3.05, 3.63) is 77.9 Å². The van der Waals surface area contributed by atoms with Crippen molar-refractivity contribution in [2.24, 2.45) is 0 Å². The molecule has 0 unspecified atom stereocenters. The van der Waals surface area contributed by atoms with E-state index >= 15 is 0 Å². The molecule has 0 saturated heterocycles. The van der Waals surface area contributed by atoms with Crippen molar-refractivity contribution >= 4 is 17.7 Å². The average molecular weight is 318 g/mol. The summed E-state index contributed by atoms with van der Waals surface area (Å²) in [5.41, 5.74) is 1.55. The SMILES string of the molecule is CCOc1ccccc1NC(=O)/C(C#N)=C/C=C/c1ccccc1. The summed E-state index contributed by atoms with van der Waals surface area (Å²) in [4.78, 5) is 12.3. The van der Waals surface area contributed by atoms with Crippen LogP contribution in [0.2, 0.25) is 0 Å². The summed E-state index contributed by atoms with van der Waals surface area (Å²) in [6.45, 7) is 2.36. The largest absolute Gasteiger partial charge is 0.492 e. The Hall–Kier alpha value is -3.32. The molecular formula is C20H18N2O2. The Labute approximate surface area is 141 Å². The van der Waals surface area contributed by atoms with Crippen molar-refractivity contribution < 1.29 is 9.53 Å². The van der Waals surface area contributed by atoms with Crippen LogP contribution in [0.5, 0.6) is 5.75 Å². The summed E-state index contributed by atoms with van der Waals surface area (Å²) in [6.07, 6.45) is 5.01. The molecule has 2 aromatic carbocycles. The average Bonchev–Trinajstić information content (AvgIpc) is 2.61. The number of carbonyl (C=O) groups is 1. The molecule has 0 fully saturated rings. The maximum Gasteiger partial charge on any atom is 0.266 e. The van der Waals surface area contributed by atoms with Crippen molar-refractivity contribution in [1.29, 1.82) is 5.26 Å². The van der Waals surface area contributed by atoms with E-state index in [2.05, 4.69) is 5.32 Å². The number of hydrogen-bond acceptors (Lipinski definition) is 3. The molecule has 1 amide bonds. The van der Waals surface area contributed by atoms with E-state index < -0.39 is 5.91 Å². The van der Waals surface area contributed by atoms with E-state index in [-0.39, 0.29) is 5.57 Å². The molecule has 0 aliphatic carbocycles. The molecule has 0 atom stereocenters. The van der Waals surface area contributed by atoms with Crippen LogP contribution >= 0.6 is 0 Å². The predicted octanol–water partition coefficient (Wildman–Crippen LogP) is 4.19. The Balaban J connectivity index is 2.11. The summed E-state index contributed by atoms with van der Waals surface area (Å²) < 4.78 is 5.46. The maximum absolute atomic E-state index is 12.3. The molecule has 0 saturated carbocycles. The quantitative estimate of drug-likeness (QED) is 0.493. The molecule has 0 spiro atoms. The van der Waals surface area contributed by atoms with Crippen molar-refractivity contribution in [1.82, 2.24) is 0 Å². The van der Waals surface area contributed by atoms with Gasteiger partial charge in [0.25, 0.3) is 5.91 Å². The van der Waals surface area contributed by atoms with Gasteiger partial charge in [-0.25, -0.2) is 0 Å². The number of rotatable bonds is 6. The second-order valence-electron chi connectivity index (χ2n) is 4.85. The zero-order chi connectivity index (χ0) is 17.2. The zero-order valence-electron chi connectivity index (χ0n) is 13.4. The fraction of sp³-hybridized carbons (Fsp3) is 0.100. The van der Waals surface area contributed by atoms with Gasteiger partial charge in [-0.05, 0) is 30.7 Å². The number of nitriles is 1. The third-order valence-corrected chi connectivity index (χ3v) is 3.15. The fourth-order valence-electron chi connectivity index (χ4n) is 2.02. The smallest absolute Gasteiger partial charge is 0.266 e. The van der Waals surface area contributed by atoms with Gasteiger partial charge in [0.15, 0.2) is 0 Å². The summed E-state index contributed by atoms with van der Waals surface area (Å²) in [5.74, 6) is 0.104. The number of nitrogens with zero attached hydrogens (tertiary/aromatic N) is 1. The van der Waals surface area contributed by atoms with Gasteiger partial charge in [0.2, 0.25) is 0 Å². The molecule has 24 heavy (non-hydrogen) atoms. The molecule has 120 valence electrons. The van der Waals surface area contributed by atoms with Gasteiger partial charge in [0.05, 0.1) is 12.3 Å². The molecule has 4 nitrogen and oxygen atoms in total. The Morgan fingerprint density at radius 2 is 1.88 bits per heavy atom. The van der Waals surface area contributed by atoms with Gasteiger partial charge >= 0.3 is 0 Å². The van der Waals surface area contributed by atoms with Crippen molar-refractivity contribution in [2.75, 3.05) is 11.9 Å². The van der Waals surface area contributed by atoms with Gasteiger partial charge in [-0.15, -0.1) is 0 Å². The lowest BCUT2D eigenvalue weighted by molar-refractivity contribution is -0.112. The third kappa shape index (κ3) is 4.85. The van der Waals surface area contributed by atoms with Gasteiger partial charge < -0.3 is 10.1 Å². The minimum atomic E-state index is -0.470. The number of ether oxygens (including phenoxy) is 1. The maximum atomic E-state index is 12.3. The van der Waals surface area contributed by atoms with Crippen molar-refractivity contribution in [3.8, 4) is 11.8 Å². The lowest BCUT2D eigenvalue weighted by Crippen LogP contribution is -2.14. The first-order chi connectivity index (χ1) is 11.7. The van der Waals surface area contributed by atoms with E-state index in [1.54, 1.807) is 24.3 Å². The highest BCUT2D eigenvalue weighted by Crippen LogP contribution is 2.24. The molecule has 0 radical (unpaired) electrons. The third-order valence-electron chi connectivity index (χ3n) is 3.15. The first kappa shape index (κ1) is 17.0. The molecule has 2 aromatic rings. The lowest BCUT2D eigenvalue weighted by Gasteiger charge is -2.10. The molecule has 0 bridgehead atoms. The molecule has 2 rings (SSSR count). The number of anilines is 1. The first-order valence-electron chi connectivity index (χ1n) is 7.61. The second kappa shape index (κ2) is 8.96. The topological polar surface area (TPSA) is 62.1 Å². The van der Waals surface area contributed by atoms with Gasteiger partial charge in [0.1, 0.15) is 17.4 Å². The fourth-order valence-corrected chi connectivity index (χ4v) is 2.02. The number of para-hydroxylation sites is 2. The van der Waals surface area contributed by atoms with Gasteiger partial charge in [-0.2, -0.15) is 5.26 Å². The molecule has 1 N–H and O–H groups in total. The van der Waals surface area contributed by atoms with E-state index in [1.807, 2.05) is 55.5 Å². The van der Waals surface area contributed by atoms with Crippen LogP contribution in [0.1, 0.15) is 12.5 Å².